The molecular weight excluding hydrogens is 226 g/mol. The normalized spacial score (nSPS) is 14.2. The molecule has 0 bridgehead atoms. The number of halogens is 1. The molecule has 2 N–H and O–H groups in total. The zero-order valence-electron chi connectivity index (χ0n) is 6.15. The van der Waals surface area contributed by atoms with Crippen molar-refractivity contribution in [2.24, 2.45) is 0 Å². The second-order valence-electron chi connectivity index (χ2n) is 1.71. The summed E-state index contributed by atoms with van der Waals surface area (Å²) in [6.45, 7) is 1.72. The molecule has 0 aromatic carbocycles. The van der Waals surface area contributed by atoms with E-state index in [4.69, 9.17) is 16.2 Å². The molecule has 0 saturated carbocycles. The SMILES string of the molecule is CCSC(=O)C(Cl)NS(=O)(=O)O. The Morgan fingerprint density at radius 1 is 1.75 bits per heavy atom. The van der Waals surface area contributed by atoms with Gasteiger partial charge in [-0.25, -0.2) is 0 Å². The standard InChI is InChI=1S/C4H8ClNO4S2/c1-2-11-4(7)3(5)6-12(8,9)10/h3,6H,2H2,1H3,(H,8,9,10). The van der Waals surface area contributed by atoms with Crippen LogP contribution in [0.1, 0.15) is 6.92 Å². The van der Waals surface area contributed by atoms with E-state index >= 15 is 0 Å². The van der Waals surface area contributed by atoms with Crippen LogP contribution in [-0.4, -0.2) is 29.3 Å². The summed E-state index contributed by atoms with van der Waals surface area (Å²) in [7, 11) is -4.40. The molecule has 0 aliphatic rings. The number of hydrogen-bond donors (Lipinski definition) is 2. The van der Waals surface area contributed by atoms with Gasteiger partial charge in [0.05, 0.1) is 0 Å². The molecule has 5 nitrogen and oxygen atoms in total. The van der Waals surface area contributed by atoms with Gasteiger partial charge in [0, 0.05) is 0 Å². The van der Waals surface area contributed by atoms with E-state index in [2.05, 4.69) is 0 Å². The van der Waals surface area contributed by atoms with Crippen molar-refractivity contribution in [2.75, 3.05) is 5.75 Å². The van der Waals surface area contributed by atoms with Gasteiger partial charge in [-0.2, -0.15) is 13.1 Å². The molecule has 0 radical (unpaired) electrons. The lowest BCUT2D eigenvalue weighted by molar-refractivity contribution is -0.110. The molecular formula is C4H8ClNO4S2. The third kappa shape index (κ3) is 5.78. The van der Waals surface area contributed by atoms with Crippen molar-refractivity contribution >= 4 is 38.8 Å². The fourth-order valence-corrected chi connectivity index (χ4v) is 1.85. The number of thioether (sulfide) groups is 1. The molecule has 72 valence electrons. The molecule has 1 unspecified atom stereocenters. The lowest BCUT2D eigenvalue weighted by Crippen LogP contribution is -2.34. The average Bonchev–Trinajstić information content (AvgIpc) is 1.84. The van der Waals surface area contributed by atoms with Gasteiger partial charge in [0.1, 0.15) is 0 Å². The van der Waals surface area contributed by atoms with Crippen LogP contribution in [0.15, 0.2) is 0 Å². The fourth-order valence-electron chi connectivity index (χ4n) is 0.394. The maximum Gasteiger partial charge on any atom is 0.335 e. The maximum absolute atomic E-state index is 10.8. The predicted octanol–water partition coefficient (Wildman–Crippen LogP) is 0.223. The highest BCUT2D eigenvalue weighted by atomic mass is 35.5. The van der Waals surface area contributed by atoms with Gasteiger partial charge in [-0.3, -0.25) is 9.35 Å². The van der Waals surface area contributed by atoms with Crippen LogP contribution >= 0.6 is 23.4 Å². The van der Waals surface area contributed by atoms with Crippen molar-refractivity contribution in [1.29, 1.82) is 0 Å². The van der Waals surface area contributed by atoms with Crippen LogP contribution in [0.25, 0.3) is 0 Å². The molecule has 8 heteroatoms. The Hall–Kier alpha value is 0.180. The van der Waals surface area contributed by atoms with Crippen molar-refractivity contribution < 1.29 is 17.8 Å². The minimum Gasteiger partial charge on any atom is -0.284 e. The fraction of sp³-hybridized carbons (Fsp3) is 0.750. The molecule has 0 aromatic heterocycles. The van der Waals surface area contributed by atoms with Crippen LogP contribution in [-0.2, 0) is 15.1 Å². The second-order valence-corrected chi connectivity index (χ2v) is 4.60. The first-order valence-corrected chi connectivity index (χ1v) is 5.78. The molecule has 0 spiro atoms. The first-order valence-electron chi connectivity index (χ1n) is 2.92. The molecule has 0 aliphatic heterocycles. The number of nitrogens with one attached hydrogen (secondary N) is 1. The maximum atomic E-state index is 10.8. The summed E-state index contributed by atoms with van der Waals surface area (Å²) in [5.74, 6) is 0.495. The van der Waals surface area contributed by atoms with Gasteiger partial charge in [-0.1, -0.05) is 30.3 Å². The highest BCUT2D eigenvalue weighted by molar-refractivity contribution is 8.13. The number of hydrogen-bond acceptors (Lipinski definition) is 4. The smallest absolute Gasteiger partial charge is 0.284 e. The molecule has 1 atom stereocenters. The lowest BCUT2D eigenvalue weighted by atomic mass is 10.8. The summed E-state index contributed by atoms with van der Waals surface area (Å²) in [5, 5.41) is -0.545. The van der Waals surface area contributed by atoms with E-state index in [1.807, 2.05) is 0 Å². The summed E-state index contributed by atoms with van der Waals surface area (Å²) in [5.41, 5.74) is -1.41. The Morgan fingerprint density at radius 2 is 2.25 bits per heavy atom. The summed E-state index contributed by atoms with van der Waals surface area (Å²) < 4.78 is 30.0. The van der Waals surface area contributed by atoms with Crippen LogP contribution in [0.5, 0.6) is 0 Å². The van der Waals surface area contributed by atoms with Gasteiger partial charge in [0.15, 0.2) is 5.50 Å². The topological polar surface area (TPSA) is 83.5 Å². The molecule has 0 saturated heterocycles. The molecule has 0 heterocycles. The van der Waals surface area contributed by atoms with E-state index < -0.39 is 20.9 Å². The van der Waals surface area contributed by atoms with Gasteiger partial charge in [0.2, 0.25) is 5.12 Å². The van der Waals surface area contributed by atoms with E-state index in [0.717, 1.165) is 11.8 Å². The Bertz CT molecular complexity index is 252. The number of carbonyl (C=O) groups excluding carboxylic acids is 1. The van der Waals surface area contributed by atoms with Gasteiger partial charge >= 0.3 is 10.3 Å². The zero-order chi connectivity index (χ0) is 9.78. The van der Waals surface area contributed by atoms with Gasteiger partial charge in [0.25, 0.3) is 0 Å². The summed E-state index contributed by atoms with van der Waals surface area (Å²) in [6.07, 6.45) is 0. The molecule has 0 rings (SSSR count). The van der Waals surface area contributed by atoms with Gasteiger partial charge < -0.3 is 0 Å². The van der Waals surface area contributed by atoms with Crippen LogP contribution in [0.4, 0.5) is 0 Å². The van der Waals surface area contributed by atoms with Crippen molar-refractivity contribution in [2.45, 2.75) is 12.4 Å². The van der Waals surface area contributed by atoms with Gasteiger partial charge in [-0.15, -0.1) is 0 Å². The molecule has 0 fully saturated rings. The Balaban J connectivity index is 4.05. The number of rotatable bonds is 4. The quantitative estimate of drug-likeness (QED) is 0.412. The average molecular weight is 234 g/mol. The Labute approximate surface area is 79.7 Å². The lowest BCUT2D eigenvalue weighted by Gasteiger charge is -2.05. The van der Waals surface area contributed by atoms with E-state index in [0.29, 0.717) is 5.75 Å². The van der Waals surface area contributed by atoms with E-state index in [1.54, 1.807) is 6.92 Å². The van der Waals surface area contributed by atoms with Gasteiger partial charge in [-0.05, 0) is 5.75 Å². The van der Waals surface area contributed by atoms with Crippen molar-refractivity contribution in [1.82, 2.24) is 4.72 Å². The minimum atomic E-state index is -4.40. The number of alkyl halides is 1. The van der Waals surface area contributed by atoms with E-state index in [9.17, 15) is 13.2 Å². The summed E-state index contributed by atoms with van der Waals surface area (Å²) >= 11 is 6.15. The second kappa shape index (κ2) is 5.03. The minimum absolute atomic E-state index is 0.495. The third-order valence-electron chi connectivity index (χ3n) is 0.746. The first-order chi connectivity index (χ1) is 5.37. The summed E-state index contributed by atoms with van der Waals surface area (Å²) in [6, 6.07) is 0. The molecule has 0 aliphatic carbocycles. The largest absolute Gasteiger partial charge is 0.335 e. The summed E-state index contributed by atoms with van der Waals surface area (Å²) in [4.78, 5) is 10.8. The molecule has 0 amide bonds. The van der Waals surface area contributed by atoms with E-state index in [-0.39, 0.29) is 0 Å². The first kappa shape index (κ1) is 12.2. The van der Waals surface area contributed by atoms with Crippen LogP contribution in [0.2, 0.25) is 0 Å². The van der Waals surface area contributed by atoms with E-state index in [1.165, 1.54) is 4.72 Å². The van der Waals surface area contributed by atoms with Crippen LogP contribution in [0.3, 0.4) is 0 Å². The Morgan fingerprint density at radius 3 is 2.58 bits per heavy atom. The van der Waals surface area contributed by atoms with Crippen molar-refractivity contribution in [3.8, 4) is 0 Å². The van der Waals surface area contributed by atoms with Crippen LogP contribution in [0, 0.1) is 0 Å². The third-order valence-corrected chi connectivity index (χ3v) is 2.65. The molecule has 0 aromatic rings. The van der Waals surface area contributed by atoms with Crippen molar-refractivity contribution in [3.63, 3.8) is 0 Å². The monoisotopic (exact) mass is 233 g/mol. The zero-order valence-corrected chi connectivity index (χ0v) is 8.54. The van der Waals surface area contributed by atoms with Crippen molar-refractivity contribution in [3.05, 3.63) is 0 Å². The highest BCUT2D eigenvalue weighted by Crippen LogP contribution is 2.08. The molecule has 12 heavy (non-hydrogen) atoms. The predicted molar refractivity (Wildman–Crippen MR) is 47.5 cm³/mol. The van der Waals surface area contributed by atoms with Crippen LogP contribution < -0.4 is 4.72 Å². The Kier molecular flexibility index (Phi) is 5.10. The number of carbonyl (C=O) groups is 1. The highest BCUT2D eigenvalue weighted by Gasteiger charge is 2.19.